The number of carboxylic acids is 1. The minimum Gasteiger partial charge on any atom is -0.480 e. The van der Waals surface area contributed by atoms with E-state index in [4.69, 9.17) is 16.6 Å². The van der Waals surface area contributed by atoms with Gasteiger partial charge in [-0.1, -0.05) is 44.2 Å². The second-order valence-electron chi connectivity index (χ2n) is 12.6. The van der Waals surface area contributed by atoms with E-state index in [1.165, 1.54) is 27.7 Å². The molecule has 0 aliphatic rings. The Morgan fingerprint density at radius 3 is 1.67 bits per heavy atom. The molecular weight excluding hydrogens is 682 g/mol. The predicted molar refractivity (Wildman–Crippen MR) is 186 cm³/mol. The molecule has 7 unspecified atom stereocenters. The number of carboxylic acid groups (broad SMARTS) is 1. The Kier molecular flexibility index (Phi) is 18.4. The third kappa shape index (κ3) is 16.0. The van der Waals surface area contributed by atoms with Gasteiger partial charge in [0, 0.05) is 12.8 Å². The maximum absolute atomic E-state index is 13.3. The number of carbonyl (C=O) groups excluding carboxylic acids is 8. The number of hydrogen-bond donors (Lipinski definition) is 10. The molecule has 7 atom stereocenters. The van der Waals surface area contributed by atoms with Crippen LogP contribution in [0.25, 0.3) is 0 Å². The second kappa shape index (κ2) is 21.6. The van der Waals surface area contributed by atoms with Gasteiger partial charge >= 0.3 is 5.97 Å². The summed E-state index contributed by atoms with van der Waals surface area (Å²) >= 11 is 0. The summed E-state index contributed by atoms with van der Waals surface area (Å²) in [5.41, 5.74) is 11.4. The van der Waals surface area contributed by atoms with Gasteiger partial charge in [-0.3, -0.25) is 43.2 Å². The molecule has 0 aliphatic carbocycles. The zero-order valence-electron chi connectivity index (χ0n) is 30.1. The van der Waals surface area contributed by atoms with Gasteiger partial charge in [-0.05, 0) is 45.6 Å². The van der Waals surface area contributed by atoms with Gasteiger partial charge in [0.1, 0.15) is 36.3 Å². The molecule has 288 valence electrons. The van der Waals surface area contributed by atoms with E-state index in [0.29, 0.717) is 5.56 Å². The molecule has 0 heterocycles. The van der Waals surface area contributed by atoms with Crippen molar-refractivity contribution in [2.45, 2.75) is 103 Å². The molecule has 8 amide bonds. The maximum atomic E-state index is 13.3. The van der Waals surface area contributed by atoms with Crippen LogP contribution in [0.4, 0.5) is 0 Å². The van der Waals surface area contributed by atoms with Gasteiger partial charge in [-0.15, -0.1) is 0 Å². The smallest absolute Gasteiger partial charge is 0.325 e. The highest BCUT2D eigenvalue weighted by molar-refractivity contribution is 5.97. The van der Waals surface area contributed by atoms with Crippen molar-refractivity contribution in [2.75, 3.05) is 6.54 Å². The highest BCUT2D eigenvalue weighted by Gasteiger charge is 2.32. The Bertz CT molecular complexity index is 1450. The van der Waals surface area contributed by atoms with Crippen LogP contribution in [0.5, 0.6) is 0 Å². The van der Waals surface area contributed by atoms with Crippen LogP contribution < -0.4 is 48.7 Å². The van der Waals surface area contributed by atoms with Gasteiger partial charge in [0.2, 0.25) is 47.3 Å². The van der Waals surface area contributed by atoms with Gasteiger partial charge < -0.3 is 53.8 Å². The van der Waals surface area contributed by atoms with Gasteiger partial charge in [0.05, 0.1) is 12.6 Å². The van der Waals surface area contributed by atoms with Gasteiger partial charge in [-0.25, -0.2) is 0 Å². The summed E-state index contributed by atoms with van der Waals surface area (Å²) in [6.07, 6.45) is -0.495. The number of hydrogen-bond acceptors (Lipinski definition) is 10. The highest BCUT2D eigenvalue weighted by atomic mass is 16.4. The van der Waals surface area contributed by atoms with Crippen molar-refractivity contribution in [3.05, 3.63) is 35.9 Å². The Morgan fingerprint density at radius 2 is 1.15 bits per heavy atom. The van der Waals surface area contributed by atoms with Crippen LogP contribution in [0.15, 0.2) is 30.3 Å². The Morgan fingerprint density at radius 1 is 0.635 bits per heavy atom. The third-order valence-corrected chi connectivity index (χ3v) is 7.56. The van der Waals surface area contributed by atoms with Crippen molar-refractivity contribution in [1.82, 2.24) is 37.2 Å². The van der Waals surface area contributed by atoms with E-state index < -0.39 is 108 Å². The lowest BCUT2D eigenvalue weighted by Gasteiger charge is -2.27. The monoisotopic (exact) mass is 733 g/mol. The molecule has 0 radical (unpaired) electrons. The molecule has 12 N–H and O–H groups in total. The summed E-state index contributed by atoms with van der Waals surface area (Å²) in [4.78, 5) is 112. The van der Waals surface area contributed by atoms with Crippen LogP contribution in [0.1, 0.15) is 59.9 Å². The Hall–Kier alpha value is -5.59. The number of carbonyl (C=O) groups is 9. The zero-order valence-corrected chi connectivity index (χ0v) is 30.1. The number of nitrogens with one attached hydrogen (secondary N) is 7. The van der Waals surface area contributed by atoms with E-state index >= 15 is 0 Å². The number of benzene rings is 1. The van der Waals surface area contributed by atoms with Gasteiger partial charge in [0.15, 0.2) is 0 Å². The summed E-state index contributed by atoms with van der Waals surface area (Å²) in [6, 6.07) is 0.433. The standard InChI is InChI=1S/C33H51N9O10/c1-16(2)26(32(50)38-18(4)28(46)41-22(12-13-24(35)43)30(48)39-20(6)33(51)52)42-29(47)19(5)37-31(49)23(14-21-10-8-7-9-11-21)40-25(44)15-36-27(45)17(3)34/h7-11,16-20,22-23,26H,12-15,34H2,1-6H3,(H2,35,43)(H,36,45)(H,37,49)(H,38,50)(H,39,48)(H,40,44)(H,41,46)(H,42,47)(H,51,52). The molecule has 0 aliphatic heterocycles. The first-order valence-electron chi connectivity index (χ1n) is 16.6. The molecule has 0 fully saturated rings. The number of primary amides is 1. The van der Waals surface area contributed by atoms with Crippen molar-refractivity contribution >= 4 is 53.2 Å². The molecule has 0 saturated carbocycles. The first-order chi connectivity index (χ1) is 24.2. The van der Waals surface area contributed by atoms with Crippen molar-refractivity contribution in [2.24, 2.45) is 17.4 Å². The molecular formula is C33H51N9O10. The predicted octanol–water partition coefficient (Wildman–Crippen LogP) is -3.33. The molecule has 0 spiro atoms. The minimum atomic E-state index is -1.35. The van der Waals surface area contributed by atoms with Gasteiger partial charge in [-0.2, -0.15) is 0 Å². The van der Waals surface area contributed by atoms with Crippen LogP contribution in [0, 0.1) is 5.92 Å². The Labute approximate surface area is 301 Å². The molecule has 0 bridgehead atoms. The summed E-state index contributed by atoms with van der Waals surface area (Å²) in [6.45, 7) is 8.13. The van der Waals surface area contributed by atoms with E-state index in [2.05, 4.69) is 37.2 Å². The second-order valence-corrected chi connectivity index (χ2v) is 12.6. The normalized spacial score (nSPS) is 14.8. The largest absolute Gasteiger partial charge is 0.480 e. The topological polar surface area (TPSA) is 310 Å². The van der Waals surface area contributed by atoms with E-state index in [1.807, 2.05) is 0 Å². The molecule has 0 aromatic heterocycles. The van der Waals surface area contributed by atoms with Crippen molar-refractivity contribution in [1.29, 1.82) is 0 Å². The highest BCUT2D eigenvalue weighted by Crippen LogP contribution is 2.07. The lowest BCUT2D eigenvalue weighted by Crippen LogP contribution is -2.59. The maximum Gasteiger partial charge on any atom is 0.325 e. The van der Waals surface area contributed by atoms with E-state index in [9.17, 15) is 43.2 Å². The quantitative estimate of drug-likeness (QED) is 0.0596. The molecule has 52 heavy (non-hydrogen) atoms. The lowest BCUT2D eigenvalue weighted by molar-refractivity contribution is -0.142. The van der Waals surface area contributed by atoms with Crippen molar-refractivity contribution in [3.63, 3.8) is 0 Å². The average Bonchev–Trinajstić information content (AvgIpc) is 3.06. The average molecular weight is 734 g/mol. The molecule has 1 aromatic rings. The van der Waals surface area contributed by atoms with Crippen LogP contribution >= 0.6 is 0 Å². The van der Waals surface area contributed by atoms with E-state index in [1.54, 1.807) is 44.2 Å². The summed E-state index contributed by atoms with van der Waals surface area (Å²) < 4.78 is 0. The zero-order chi connectivity index (χ0) is 39.7. The van der Waals surface area contributed by atoms with Gasteiger partial charge in [0.25, 0.3) is 0 Å². The summed E-state index contributed by atoms with van der Waals surface area (Å²) in [5, 5.41) is 26.1. The minimum absolute atomic E-state index is 0.0502. The SMILES string of the molecule is CC(N)C(=O)NCC(=O)NC(Cc1ccccc1)C(=O)NC(C)C(=O)NC(C(=O)NC(C)C(=O)NC(CCC(N)=O)C(=O)NC(C)C(=O)O)C(C)C. The fourth-order valence-corrected chi connectivity index (χ4v) is 4.42. The fourth-order valence-electron chi connectivity index (χ4n) is 4.42. The van der Waals surface area contributed by atoms with Crippen LogP contribution in [-0.2, 0) is 49.6 Å². The molecule has 1 rings (SSSR count). The number of aliphatic carboxylic acids is 1. The summed E-state index contributed by atoms with van der Waals surface area (Å²) in [5.74, 6) is -7.83. The fraction of sp³-hybridized carbons (Fsp3) is 0.545. The lowest BCUT2D eigenvalue weighted by atomic mass is 10.0. The van der Waals surface area contributed by atoms with E-state index in [-0.39, 0.29) is 19.3 Å². The molecule has 19 heteroatoms. The van der Waals surface area contributed by atoms with Crippen LogP contribution in [0.3, 0.4) is 0 Å². The first kappa shape index (κ1) is 44.4. The van der Waals surface area contributed by atoms with Crippen LogP contribution in [0.2, 0.25) is 0 Å². The number of rotatable bonds is 21. The molecule has 19 nitrogen and oxygen atoms in total. The number of nitrogens with two attached hydrogens (primary N) is 2. The Balaban J connectivity index is 2.96. The number of amides is 8. The third-order valence-electron chi connectivity index (χ3n) is 7.56. The first-order valence-corrected chi connectivity index (χ1v) is 16.6. The summed E-state index contributed by atoms with van der Waals surface area (Å²) in [7, 11) is 0. The molecule has 1 aromatic carbocycles. The van der Waals surface area contributed by atoms with E-state index in [0.717, 1.165) is 0 Å². The van der Waals surface area contributed by atoms with Crippen molar-refractivity contribution in [3.8, 4) is 0 Å². The molecule has 0 saturated heterocycles. The van der Waals surface area contributed by atoms with Crippen LogP contribution in [-0.4, -0.2) is 107 Å². The van der Waals surface area contributed by atoms with Crippen molar-refractivity contribution < 1.29 is 48.3 Å².